The molecule has 0 saturated carbocycles. The third-order valence-electron chi connectivity index (χ3n) is 8.24. The fourth-order valence-corrected chi connectivity index (χ4v) is 7.84. The van der Waals surface area contributed by atoms with E-state index >= 15 is 0 Å². The van der Waals surface area contributed by atoms with Gasteiger partial charge in [0.2, 0.25) is 0 Å². The lowest BCUT2D eigenvalue weighted by molar-refractivity contribution is 0.615. The summed E-state index contributed by atoms with van der Waals surface area (Å²) in [5.74, 6) is 0. The molecular formula is C34H34NO2P. The summed E-state index contributed by atoms with van der Waals surface area (Å²) in [6.45, 7) is 1.53. The van der Waals surface area contributed by atoms with Gasteiger partial charge in [-0.25, -0.2) is 0 Å². The Labute approximate surface area is 225 Å². The molecule has 0 unspecified atom stereocenters. The lowest BCUT2D eigenvalue weighted by Gasteiger charge is -2.20. The van der Waals surface area contributed by atoms with Crippen molar-refractivity contribution < 1.29 is 8.39 Å². The lowest BCUT2D eigenvalue weighted by atomic mass is 9.84. The number of hydrogen-bond donors (Lipinski definition) is 0. The molecule has 2 aliphatic rings. The minimum Gasteiger partial charge on any atom is -0.408 e. The van der Waals surface area contributed by atoms with Crippen molar-refractivity contribution in [3.63, 3.8) is 0 Å². The molecule has 2 aliphatic carbocycles. The van der Waals surface area contributed by atoms with Gasteiger partial charge >= 0.3 is 8.16 Å². The van der Waals surface area contributed by atoms with Crippen LogP contribution in [0.3, 0.4) is 0 Å². The SMILES string of the molecule is c1ccc(CN(Cc2ccccc2)p2oc3ccc4c(c3c3c5c(ccc3o2)CCCC5)CCCC4)cc1. The molecule has 4 aromatic carbocycles. The summed E-state index contributed by atoms with van der Waals surface area (Å²) in [6.07, 6.45) is 9.62. The highest BCUT2D eigenvalue weighted by molar-refractivity contribution is 7.38. The Morgan fingerprint density at radius 1 is 0.526 bits per heavy atom. The fourth-order valence-electron chi connectivity index (χ4n) is 6.38. The van der Waals surface area contributed by atoms with Crippen LogP contribution in [0.1, 0.15) is 59.1 Å². The van der Waals surface area contributed by atoms with E-state index in [4.69, 9.17) is 8.39 Å². The van der Waals surface area contributed by atoms with Crippen LogP contribution in [0.2, 0.25) is 0 Å². The van der Waals surface area contributed by atoms with E-state index in [0.29, 0.717) is 0 Å². The predicted molar refractivity (Wildman–Crippen MR) is 158 cm³/mol. The van der Waals surface area contributed by atoms with Gasteiger partial charge in [-0.2, -0.15) is 4.67 Å². The standard InChI is InChI=1S/C34H34NO2P/c1-3-11-25(12-4-1)23-35(24-26-13-5-2-6-14-26)38-36-31-21-19-27-15-7-9-17-29(27)33(31)34-30-18-10-8-16-28(30)20-22-32(34)37-38/h1-6,11-14,19-22H,7-10,15-18,23-24H2. The molecule has 1 aromatic heterocycles. The van der Waals surface area contributed by atoms with Gasteiger partial charge in [-0.3, -0.25) is 0 Å². The average molecular weight is 520 g/mol. The summed E-state index contributed by atoms with van der Waals surface area (Å²) < 4.78 is 16.3. The van der Waals surface area contributed by atoms with Crippen molar-refractivity contribution in [2.24, 2.45) is 0 Å². The summed E-state index contributed by atoms with van der Waals surface area (Å²) in [5, 5.41) is 2.64. The minimum absolute atomic E-state index is 0.766. The molecule has 4 heteroatoms. The Hall–Kier alpha value is -3.26. The van der Waals surface area contributed by atoms with Crippen molar-refractivity contribution in [1.29, 1.82) is 0 Å². The van der Waals surface area contributed by atoms with Gasteiger partial charge in [0.05, 0.1) is 0 Å². The Kier molecular flexibility index (Phi) is 6.57. The lowest BCUT2D eigenvalue weighted by Crippen LogP contribution is -2.18. The molecule has 0 radical (unpaired) electrons. The first-order valence-electron chi connectivity index (χ1n) is 14.1. The van der Waals surface area contributed by atoms with Gasteiger partial charge < -0.3 is 8.39 Å². The van der Waals surface area contributed by atoms with Crippen molar-refractivity contribution in [2.75, 3.05) is 4.67 Å². The van der Waals surface area contributed by atoms with Crippen LogP contribution < -0.4 is 4.67 Å². The number of hydrogen-bond acceptors (Lipinski definition) is 3. The molecule has 38 heavy (non-hydrogen) atoms. The normalized spacial score (nSPS) is 15.0. The Bertz CT molecular complexity index is 1510. The topological polar surface area (TPSA) is 29.5 Å². The van der Waals surface area contributed by atoms with E-state index in [1.54, 1.807) is 0 Å². The Balaban J connectivity index is 1.49. The summed E-state index contributed by atoms with van der Waals surface area (Å²) in [5.41, 5.74) is 10.5. The fraction of sp³-hybridized carbons (Fsp3) is 0.294. The predicted octanol–water partition coefficient (Wildman–Crippen LogP) is 9.39. The number of rotatable bonds is 5. The van der Waals surface area contributed by atoms with E-state index in [1.165, 1.54) is 69.8 Å². The molecule has 7 rings (SSSR count). The molecule has 0 fully saturated rings. The monoisotopic (exact) mass is 519 g/mol. The number of aryl methyl sites for hydroxylation is 4. The van der Waals surface area contributed by atoms with Crippen LogP contribution in [0.25, 0.3) is 21.9 Å². The van der Waals surface area contributed by atoms with E-state index in [0.717, 1.165) is 49.9 Å². The van der Waals surface area contributed by atoms with Crippen LogP contribution in [0.4, 0.5) is 0 Å². The largest absolute Gasteiger partial charge is 0.408 e. The van der Waals surface area contributed by atoms with Crippen molar-refractivity contribution in [1.82, 2.24) is 0 Å². The summed E-state index contributed by atoms with van der Waals surface area (Å²) in [7, 11) is -1.38. The molecule has 0 amide bonds. The number of benzene rings is 4. The summed E-state index contributed by atoms with van der Waals surface area (Å²) >= 11 is 0. The summed E-state index contributed by atoms with van der Waals surface area (Å²) in [6, 6.07) is 30.5. The molecule has 0 aliphatic heterocycles. The first-order chi connectivity index (χ1) is 18.8. The van der Waals surface area contributed by atoms with Crippen LogP contribution in [-0.4, -0.2) is 0 Å². The minimum atomic E-state index is -1.38. The maximum atomic E-state index is 6.97. The highest BCUT2D eigenvalue weighted by Gasteiger charge is 2.23. The second-order valence-corrected chi connectivity index (χ2v) is 12.2. The van der Waals surface area contributed by atoms with Crippen molar-refractivity contribution in [2.45, 2.75) is 64.5 Å². The quantitative estimate of drug-likeness (QED) is 0.232. The van der Waals surface area contributed by atoms with Crippen LogP contribution in [0, 0.1) is 0 Å². The number of fused-ring (bicyclic) bond motifs is 7. The highest BCUT2D eigenvalue weighted by Crippen LogP contribution is 2.43. The maximum absolute atomic E-state index is 6.97. The zero-order chi connectivity index (χ0) is 25.3. The number of nitrogens with zero attached hydrogens (tertiary/aromatic N) is 1. The second-order valence-electron chi connectivity index (χ2n) is 10.8. The molecule has 1 heterocycles. The van der Waals surface area contributed by atoms with E-state index in [2.05, 4.69) is 89.6 Å². The van der Waals surface area contributed by atoms with E-state index < -0.39 is 8.16 Å². The molecule has 0 atom stereocenters. The molecule has 0 N–H and O–H groups in total. The first kappa shape index (κ1) is 23.8. The Morgan fingerprint density at radius 3 is 1.45 bits per heavy atom. The van der Waals surface area contributed by atoms with Crippen molar-refractivity contribution in [3.8, 4) is 0 Å². The van der Waals surface area contributed by atoms with Gasteiger partial charge in [0, 0.05) is 23.9 Å². The molecule has 5 aromatic rings. The Morgan fingerprint density at radius 2 is 0.974 bits per heavy atom. The average Bonchev–Trinajstić information content (AvgIpc) is 3.15. The van der Waals surface area contributed by atoms with E-state index in [-0.39, 0.29) is 0 Å². The third-order valence-corrected chi connectivity index (χ3v) is 9.69. The third kappa shape index (κ3) is 4.59. The molecular weight excluding hydrogens is 485 g/mol. The van der Waals surface area contributed by atoms with E-state index in [9.17, 15) is 0 Å². The van der Waals surface area contributed by atoms with Crippen molar-refractivity contribution >= 4 is 30.1 Å². The second kappa shape index (κ2) is 10.5. The molecule has 3 nitrogen and oxygen atoms in total. The van der Waals surface area contributed by atoms with Crippen LogP contribution in [0.15, 0.2) is 93.3 Å². The zero-order valence-corrected chi connectivity index (χ0v) is 22.8. The van der Waals surface area contributed by atoms with Gasteiger partial charge in [-0.05, 0) is 96.9 Å². The molecule has 192 valence electrons. The van der Waals surface area contributed by atoms with Crippen LogP contribution in [-0.2, 0) is 38.8 Å². The van der Waals surface area contributed by atoms with Gasteiger partial charge in [-0.1, -0.05) is 72.8 Å². The van der Waals surface area contributed by atoms with Gasteiger partial charge in [0.1, 0.15) is 11.2 Å². The smallest absolute Gasteiger partial charge is 0.310 e. The van der Waals surface area contributed by atoms with Crippen LogP contribution in [0.5, 0.6) is 0 Å². The van der Waals surface area contributed by atoms with Crippen molar-refractivity contribution in [3.05, 3.63) is 118 Å². The van der Waals surface area contributed by atoms with Gasteiger partial charge in [-0.15, -0.1) is 0 Å². The highest BCUT2D eigenvalue weighted by atomic mass is 31.1. The van der Waals surface area contributed by atoms with Crippen LogP contribution >= 0.6 is 8.16 Å². The maximum Gasteiger partial charge on any atom is 0.310 e. The first-order valence-corrected chi connectivity index (χ1v) is 15.3. The van der Waals surface area contributed by atoms with Gasteiger partial charge in [0.25, 0.3) is 0 Å². The zero-order valence-electron chi connectivity index (χ0n) is 21.9. The summed E-state index contributed by atoms with van der Waals surface area (Å²) in [4.78, 5) is 0. The molecule has 0 bridgehead atoms. The van der Waals surface area contributed by atoms with E-state index in [1.807, 2.05) is 0 Å². The van der Waals surface area contributed by atoms with Gasteiger partial charge in [0.15, 0.2) is 0 Å². The molecule has 0 spiro atoms. The molecule has 0 saturated heterocycles.